The molecule has 2 aliphatic heterocycles. The topological polar surface area (TPSA) is 21.7 Å². The molecule has 1 aliphatic carbocycles. The molecule has 9 aromatic carbocycles. The van der Waals surface area contributed by atoms with Crippen molar-refractivity contribution in [1.82, 2.24) is 0 Å². The lowest BCUT2D eigenvalue weighted by Crippen LogP contribution is -2.77. The van der Waals surface area contributed by atoms with Crippen LogP contribution in [-0.4, -0.2) is 8.07 Å². The number of para-hydroxylation sites is 4. The molecule has 0 amide bonds. The van der Waals surface area contributed by atoms with E-state index >= 15 is 0 Å². The van der Waals surface area contributed by atoms with Gasteiger partial charge in [0.1, 0.15) is 23.0 Å². The van der Waals surface area contributed by atoms with Crippen molar-refractivity contribution >= 4 is 45.9 Å². The summed E-state index contributed by atoms with van der Waals surface area (Å²) in [6, 6.07) is 81.4. The zero-order valence-electron chi connectivity index (χ0n) is 32.1. The van der Waals surface area contributed by atoms with Crippen molar-refractivity contribution in [2.45, 2.75) is 5.41 Å². The minimum atomic E-state index is -2.90. The lowest BCUT2D eigenvalue weighted by Gasteiger charge is -2.43. The number of anilines is 3. The maximum absolute atomic E-state index is 7.06. The van der Waals surface area contributed by atoms with Gasteiger partial charge in [0, 0.05) is 23.0 Å². The largest absolute Gasteiger partial charge is 0.458 e. The fraction of sp³-hybridized carbons (Fsp3) is 0.0182. The van der Waals surface area contributed by atoms with E-state index in [1.165, 1.54) is 54.1 Å². The second-order valence-corrected chi connectivity index (χ2v) is 19.2. The van der Waals surface area contributed by atoms with Crippen molar-refractivity contribution in [1.29, 1.82) is 0 Å². The SMILES string of the molecule is c1ccc(N(c2ccc3c(c2)Oc2ccccc2[Si]32c3ccccc3Oc3ccccc32)c2cccc3c2-c2ccccc2C3(c2ccccc2)c2ccccc2)cc1. The molecule has 3 nitrogen and oxygen atoms in total. The minimum Gasteiger partial charge on any atom is -0.458 e. The van der Waals surface area contributed by atoms with Gasteiger partial charge >= 0.3 is 0 Å². The Hall–Kier alpha value is -7.40. The molecule has 0 atom stereocenters. The Labute approximate surface area is 345 Å². The van der Waals surface area contributed by atoms with Crippen LogP contribution in [-0.2, 0) is 5.41 Å². The summed E-state index contributed by atoms with van der Waals surface area (Å²) in [7, 11) is -2.90. The Morgan fingerprint density at radius 3 is 1.44 bits per heavy atom. The first-order chi connectivity index (χ1) is 29.3. The zero-order chi connectivity index (χ0) is 39.0. The lowest BCUT2D eigenvalue weighted by atomic mass is 9.68. The van der Waals surface area contributed by atoms with E-state index in [9.17, 15) is 0 Å². The number of fused-ring (bicyclic) bond motifs is 11. The number of hydrogen-bond donors (Lipinski definition) is 0. The molecule has 4 heteroatoms. The van der Waals surface area contributed by atoms with E-state index in [4.69, 9.17) is 9.47 Å². The fourth-order valence-corrected chi connectivity index (χ4v) is 15.5. The summed E-state index contributed by atoms with van der Waals surface area (Å²) in [6.45, 7) is 0. The van der Waals surface area contributed by atoms with Crippen molar-refractivity contribution in [3.05, 3.63) is 247 Å². The third-order valence-corrected chi connectivity index (χ3v) is 17.5. The van der Waals surface area contributed by atoms with Crippen molar-refractivity contribution in [2.24, 2.45) is 0 Å². The molecule has 0 unspecified atom stereocenters. The number of ether oxygens (including phenoxy) is 2. The van der Waals surface area contributed by atoms with Crippen molar-refractivity contribution in [3.63, 3.8) is 0 Å². The normalized spacial score (nSPS) is 14.3. The predicted molar refractivity (Wildman–Crippen MR) is 242 cm³/mol. The standard InChI is InChI=1S/C55H37NO2Si/c1-4-19-38(20-5-1)55(39-21-6-2-7-22-39)43-26-11-10-25-42(43)54-44(55)27-18-28-45(54)56(40-23-8-3-9-24-40)41-35-36-53-49(37-41)58-48-31-14-17-34-52(48)59(53)50-32-15-12-29-46(50)57-47-30-13-16-33-51(47)59/h1-37H. The van der Waals surface area contributed by atoms with Gasteiger partial charge in [0.25, 0.3) is 0 Å². The van der Waals surface area contributed by atoms with Gasteiger partial charge in [0.05, 0.1) is 11.1 Å². The highest BCUT2D eigenvalue weighted by molar-refractivity contribution is 7.21. The monoisotopic (exact) mass is 771 g/mol. The van der Waals surface area contributed by atoms with E-state index in [1.807, 2.05) is 0 Å². The van der Waals surface area contributed by atoms with Gasteiger partial charge < -0.3 is 14.4 Å². The summed E-state index contributed by atoms with van der Waals surface area (Å²) in [5.74, 6) is 3.59. The molecule has 0 fully saturated rings. The van der Waals surface area contributed by atoms with Crippen molar-refractivity contribution in [2.75, 3.05) is 4.90 Å². The molecule has 3 aliphatic rings. The average Bonchev–Trinajstić information content (AvgIpc) is 3.62. The molecular weight excluding hydrogens is 735 g/mol. The first-order valence-electron chi connectivity index (χ1n) is 20.3. The Balaban J connectivity index is 1.13. The maximum atomic E-state index is 7.06. The Morgan fingerprint density at radius 1 is 0.356 bits per heavy atom. The van der Waals surface area contributed by atoms with Gasteiger partial charge in [-0.1, -0.05) is 176 Å². The van der Waals surface area contributed by atoms with E-state index in [-0.39, 0.29) is 0 Å². The summed E-state index contributed by atoms with van der Waals surface area (Å²) < 4.78 is 13.7. The first-order valence-corrected chi connectivity index (χ1v) is 22.3. The van der Waals surface area contributed by atoms with Gasteiger partial charge in [0.2, 0.25) is 0 Å². The van der Waals surface area contributed by atoms with Crippen LogP contribution in [0.4, 0.5) is 17.1 Å². The first kappa shape index (κ1) is 33.7. The summed E-state index contributed by atoms with van der Waals surface area (Å²) in [5.41, 5.74) is 10.2. The molecule has 9 aromatic rings. The van der Waals surface area contributed by atoms with E-state index in [1.54, 1.807) is 0 Å². The van der Waals surface area contributed by atoms with Crippen LogP contribution in [0.5, 0.6) is 23.0 Å². The van der Waals surface area contributed by atoms with Crippen molar-refractivity contribution < 1.29 is 9.47 Å². The Morgan fingerprint density at radius 2 is 0.831 bits per heavy atom. The Kier molecular flexibility index (Phi) is 7.47. The molecule has 59 heavy (non-hydrogen) atoms. The van der Waals surface area contributed by atoms with Crippen LogP contribution in [0.3, 0.4) is 0 Å². The Bertz CT molecular complexity index is 2970. The second kappa shape index (κ2) is 13.1. The van der Waals surface area contributed by atoms with E-state index < -0.39 is 13.5 Å². The van der Waals surface area contributed by atoms with E-state index in [2.05, 4.69) is 229 Å². The van der Waals surface area contributed by atoms with Crippen LogP contribution in [0.25, 0.3) is 11.1 Å². The molecule has 0 saturated heterocycles. The van der Waals surface area contributed by atoms with Crippen LogP contribution >= 0.6 is 0 Å². The molecular formula is C55H37NO2Si. The average molecular weight is 772 g/mol. The fourth-order valence-electron chi connectivity index (χ4n) is 10.4. The highest BCUT2D eigenvalue weighted by Crippen LogP contribution is 2.59. The third-order valence-electron chi connectivity index (χ3n) is 12.7. The van der Waals surface area contributed by atoms with E-state index in [0.717, 1.165) is 40.1 Å². The maximum Gasteiger partial charge on any atom is 0.196 e. The molecule has 12 rings (SSSR count). The highest BCUT2D eigenvalue weighted by Gasteiger charge is 2.53. The summed E-state index contributed by atoms with van der Waals surface area (Å²) in [6.07, 6.45) is 0. The van der Waals surface area contributed by atoms with Gasteiger partial charge in [-0.15, -0.1) is 0 Å². The molecule has 0 radical (unpaired) electrons. The summed E-state index contributed by atoms with van der Waals surface area (Å²) in [5, 5.41) is 4.92. The molecule has 2 heterocycles. The van der Waals surface area contributed by atoms with Gasteiger partial charge in [-0.3, -0.25) is 0 Å². The van der Waals surface area contributed by atoms with Gasteiger partial charge in [0.15, 0.2) is 8.07 Å². The summed E-state index contributed by atoms with van der Waals surface area (Å²) >= 11 is 0. The van der Waals surface area contributed by atoms with Crippen molar-refractivity contribution in [3.8, 4) is 34.1 Å². The number of rotatable bonds is 5. The van der Waals surface area contributed by atoms with Gasteiger partial charge in [-0.05, 0) is 91.0 Å². The minimum absolute atomic E-state index is 0.517. The van der Waals surface area contributed by atoms with Crippen LogP contribution < -0.4 is 35.1 Å². The highest BCUT2D eigenvalue weighted by atomic mass is 28.3. The molecule has 0 saturated carbocycles. The number of hydrogen-bond acceptors (Lipinski definition) is 3. The number of benzene rings is 9. The van der Waals surface area contributed by atoms with Crippen LogP contribution in [0.15, 0.2) is 224 Å². The van der Waals surface area contributed by atoms with Gasteiger partial charge in [-0.2, -0.15) is 0 Å². The zero-order valence-corrected chi connectivity index (χ0v) is 33.1. The third kappa shape index (κ3) is 4.69. The number of nitrogens with zero attached hydrogens (tertiary/aromatic N) is 1. The smallest absolute Gasteiger partial charge is 0.196 e. The molecule has 278 valence electrons. The summed E-state index contributed by atoms with van der Waals surface area (Å²) in [4.78, 5) is 2.42. The van der Waals surface area contributed by atoms with Crippen LogP contribution in [0.1, 0.15) is 22.3 Å². The van der Waals surface area contributed by atoms with Gasteiger partial charge in [-0.25, -0.2) is 0 Å². The molecule has 0 N–H and O–H groups in total. The van der Waals surface area contributed by atoms with E-state index in [0.29, 0.717) is 0 Å². The lowest BCUT2D eigenvalue weighted by molar-refractivity contribution is 0.482. The quantitative estimate of drug-likeness (QED) is 0.163. The molecule has 1 spiro atoms. The molecule has 0 bridgehead atoms. The second-order valence-electron chi connectivity index (χ2n) is 15.5. The van der Waals surface area contributed by atoms with Crippen LogP contribution in [0.2, 0.25) is 0 Å². The van der Waals surface area contributed by atoms with Crippen LogP contribution in [0, 0.1) is 0 Å². The predicted octanol–water partition coefficient (Wildman–Crippen LogP) is 11.1. The molecule has 0 aromatic heterocycles.